The third-order valence-corrected chi connectivity index (χ3v) is 6.10. The highest BCUT2D eigenvalue weighted by Crippen LogP contribution is 2.28. The summed E-state index contributed by atoms with van der Waals surface area (Å²) in [5.74, 6) is 0. The molecular formula is C15H25BrN2S. The summed E-state index contributed by atoms with van der Waals surface area (Å²) in [6, 6.07) is 3.37. The zero-order valence-corrected chi connectivity index (χ0v) is 14.4. The van der Waals surface area contributed by atoms with Gasteiger partial charge in [-0.2, -0.15) is 0 Å². The average Bonchev–Trinajstić information content (AvgIpc) is 2.82. The lowest BCUT2D eigenvalue weighted by atomic mass is 10.0. The molecule has 108 valence electrons. The SMILES string of the molecule is CC(NCCCN1CCCCC1C)c1sccc1Br. The molecule has 2 heterocycles. The molecule has 0 amide bonds. The van der Waals surface area contributed by atoms with E-state index in [1.54, 1.807) is 0 Å². The molecule has 2 atom stereocenters. The van der Waals surface area contributed by atoms with Crippen LogP contribution in [0.2, 0.25) is 0 Å². The Labute approximate surface area is 129 Å². The Kier molecular flexibility index (Phi) is 6.33. The number of nitrogens with one attached hydrogen (secondary N) is 1. The molecule has 2 rings (SSSR count). The number of rotatable bonds is 6. The van der Waals surface area contributed by atoms with E-state index in [4.69, 9.17) is 0 Å². The first-order chi connectivity index (χ1) is 9.18. The van der Waals surface area contributed by atoms with Gasteiger partial charge < -0.3 is 10.2 Å². The van der Waals surface area contributed by atoms with E-state index in [0.717, 1.165) is 12.6 Å². The molecule has 1 aliphatic heterocycles. The minimum absolute atomic E-state index is 0.452. The van der Waals surface area contributed by atoms with E-state index >= 15 is 0 Å². The molecule has 4 heteroatoms. The average molecular weight is 345 g/mol. The quantitative estimate of drug-likeness (QED) is 0.768. The fourth-order valence-corrected chi connectivity index (χ4v) is 4.55. The Morgan fingerprint density at radius 1 is 1.53 bits per heavy atom. The van der Waals surface area contributed by atoms with Crippen LogP contribution < -0.4 is 5.32 Å². The van der Waals surface area contributed by atoms with Crippen LogP contribution in [0.5, 0.6) is 0 Å². The van der Waals surface area contributed by atoms with Crippen LogP contribution in [0.4, 0.5) is 0 Å². The van der Waals surface area contributed by atoms with Crippen molar-refractivity contribution in [1.29, 1.82) is 0 Å². The van der Waals surface area contributed by atoms with Crippen LogP contribution in [0.15, 0.2) is 15.9 Å². The van der Waals surface area contributed by atoms with Gasteiger partial charge in [-0.1, -0.05) is 6.42 Å². The normalized spacial score (nSPS) is 22.6. The Bertz CT molecular complexity index is 380. The molecular weight excluding hydrogens is 320 g/mol. The number of piperidine rings is 1. The van der Waals surface area contributed by atoms with Gasteiger partial charge in [0, 0.05) is 21.4 Å². The molecule has 1 fully saturated rings. The molecule has 0 aromatic carbocycles. The molecule has 0 aliphatic carbocycles. The van der Waals surface area contributed by atoms with Gasteiger partial charge in [0.1, 0.15) is 0 Å². The number of thiophene rings is 1. The summed E-state index contributed by atoms with van der Waals surface area (Å²) in [5, 5.41) is 5.78. The first-order valence-corrected chi connectivity index (χ1v) is 9.06. The second-order valence-corrected chi connectivity index (χ2v) is 7.34. The molecule has 19 heavy (non-hydrogen) atoms. The highest BCUT2D eigenvalue weighted by molar-refractivity contribution is 9.10. The molecule has 1 aliphatic rings. The lowest BCUT2D eigenvalue weighted by Gasteiger charge is -2.33. The molecule has 2 unspecified atom stereocenters. The number of hydrogen-bond acceptors (Lipinski definition) is 3. The van der Waals surface area contributed by atoms with E-state index in [1.807, 2.05) is 11.3 Å². The van der Waals surface area contributed by atoms with Gasteiger partial charge in [-0.05, 0) is 80.1 Å². The van der Waals surface area contributed by atoms with E-state index < -0.39 is 0 Å². The Hall–Kier alpha value is 0.100. The smallest absolute Gasteiger partial charge is 0.0397 e. The maximum atomic E-state index is 3.63. The summed E-state index contributed by atoms with van der Waals surface area (Å²) in [6.07, 6.45) is 5.43. The van der Waals surface area contributed by atoms with Crippen LogP contribution in [0.3, 0.4) is 0 Å². The fourth-order valence-electron chi connectivity index (χ4n) is 2.80. The highest BCUT2D eigenvalue weighted by atomic mass is 79.9. The van der Waals surface area contributed by atoms with Gasteiger partial charge in [0.2, 0.25) is 0 Å². The summed E-state index contributed by atoms with van der Waals surface area (Å²) < 4.78 is 1.24. The van der Waals surface area contributed by atoms with Crippen molar-refractivity contribution in [3.63, 3.8) is 0 Å². The third kappa shape index (κ3) is 4.55. The maximum absolute atomic E-state index is 3.63. The van der Waals surface area contributed by atoms with Crippen LogP contribution >= 0.6 is 27.3 Å². The Morgan fingerprint density at radius 3 is 3.05 bits per heavy atom. The van der Waals surface area contributed by atoms with Crippen molar-refractivity contribution in [3.8, 4) is 0 Å². The van der Waals surface area contributed by atoms with Crippen molar-refractivity contribution in [3.05, 3.63) is 20.8 Å². The zero-order valence-electron chi connectivity index (χ0n) is 12.0. The van der Waals surface area contributed by atoms with Crippen molar-refractivity contribution in [1.82, 2.24) is 10.2 Å². The van der Waals surface area contributed by atoms with E-state index in [2.05, 4.69) is 51.4 Å². The van der Waals surface area contributed by atoms with Crippen LogP contribution in [0, 0.1) is 0 Å². The molecule has 0 spiro atoms. The summed E-state index contributed by atoms with van der Waals surface area (Å²) in [4.78, 5) is 4.06. The van der Waals surface area contributed by atoms with Crippen LogP contribution in [0.25, 0.3) is 0 Å². The van der Waals surface area contributed by atoms with E-state index in [0.29, 0.717) is 6.04 Å². The van der Waals surface area contributed by atoms with E-state index in [1.165, 1.54) is 48.1 Å². The van der Waals surface area contributed by atoms with Gasteiger partial charge in [-0.25, -0.2) is 0 Å². The van der Waals surface area contributed by atoms with E-state index in [9.17, 15) is 0 Å². The fraction of sp³-hybridized carbons (Fsp3) is 0.733. The van der Waals surface area contributed by atoms with Gasteiger partial charge in [0.25, 0.3) is 0 Å². The molecule has 1 aromatic rings. The molecule has 1 saturated heterocycles. The lowest BCUT2D eigenvalue weighted by molar-refractivity contribution is 0.158. The highest BCUT2D eigenvalue weighted by Gasteiger charge is 2.17. The van der Waals surface area contributed by atoms with Gasteiger partial charge in [-0.3, -0.25) is 0 Å². The van der Waals surface area contributed by atoms with Gasteiger partial charge in [-0.15, -0.1) is 11.3 Å². The van der Waals surface area contributed by atoms with Crippen LogP contribution in [0.1, 0.15) is 50.4 Å². The second kappa shape index (κ2) is 7.77. The number of likely N-dealkylation sites (tertiary alicyclic amines) is 1. The maximum Gasteiger partial charge on any atom is 0.0397 e. The largest absolute Gasteiger partial charge is 0.309 e. The van der Waals surface area contributed by atoms with Gasteiger partial charge in [0.05, 0.1) is 0 Å². The number of halogens is 1. The summed E-state index contributed by atoms with van der Waals surface area (Å²) in [6.45, 7) is 8.27. The third-order valence-electron chi connectivity index (χ3n) is 4.05. The monoisotopic (exact) mass is 344 g/mol. The first-order valence-electron chi connectivity index (χ1n) is 7.39. The molecule has 0 saturated carbocycles. The van der Waals surface area contributed by atoms with Crippen molar-refractivity contribution in [2.24, 2.45) is 0 Å². The Balaban J connectivity index is 1.65. The van der Waals surface area contributed by atoms with Crippen LogP contribution in [-0.4, -0.2) is 30.6 Å². The van der Waals surface area contributed by atoms with Crippen molar-refractivity contribution < 1.29 is 0 Å². The van der Waals surface area contributed by atoms with E-state index in [-0.39, 0.29) is 0 Å². The second-order valence-electron chi connectivity index (χ2n) is 5.54. The molecule has 0 radical (unpaired) electrons. The molecule has 0 bridgehead atoms. The Morgan fingerprint density at radius 2 is 2.37 bits per heavy atom. The molecule has 1 aromatic heterocycles. The predicted octanol–water partition coefficient (Wildman–Crippen LogP) is 4.43. The minimum atomic E-state index is 0.452. The minimum Gasteiger partial charge on any atom is -0.309 e. The molecule has 1 N–H and O–H groups in total. The lowest BCUT2D eigenvalue weighted by Crippen LogP contribution is -2.39. The summed E-state index contributed by atoms with van der Waals surface area (Å²) >= 11 is 5.43. The standard InChI is InChI=1S/C15H25BrN2S/c1-12-6-3-4-9-18(12)10-5-8-17-13(2)15-14(16)7-11-19-15/h7,11-13,17H,3-6,8-10H2,1-2H3. The van der Waals surface area contributed by atoms with Gasteiger partial charge in [0.15, 0.2) is 0 Å². The van der Waals surface area contributed by atoms with Gasteiger partial charge >= 0.3 is 0 Å². The van der Waals surface area contributed by atoms with Crippen LogP contribution in [-0.2, 0) is 0 Å². The molecule has 2 nitrogen and oxygen atoms in total. The summed E-state index contributed by atoms with van der Waals surface area (Å²) in [5.41, 5.74) is 0. The van der Waals surface area contributed by atoms with Crippen molar-refractivity contribution in [2.75, 3.05) is 19.6 Å². The first kappa shape index (κ1) is 15.5. The predicted molar refractivity (Wildman–Crippen MR) is 87.9 cm³/mol. The van der Waals surface area contributed by atoms with Crippen molar-refractivity contribution >= 4 is 27.3 Å². The number of hydrogen-bond donors (Lipinski definition) is 1. The zero-order chi connectivity index (χ0) is 13.7. The topological polar surface area (TPSA) is 15.3 Å². The number of nitrogens with zero attached hydrogens (tertiary/aromatic N) is 1. The van der Waals surface area contributed by atoms with Crippen molar-refractivity contribution in [2.45, 2.75) is 51.6 Å². The summed E-state index contributed by atoms with van der Waals surface area (Å²) in [7, 11) is 0.